The minimum Gasteiger partial charge on any atom is -0.455 e. The van der Waals surface area contributed by atoms with Crippen LogP contribution in [0.5, 0.6) is 0 Å². The molecule has 1 aromatic heterocycles. The number of para-hydroxylation sites is 1. The molecule has 7 rings (SSSR count). The summed E-state index contributed by atoms with van der Waals surface area (Å²) < 4.78 is 6.69. The van der Waals surface area contributed by atoms with E-state index in [-0.39, 0.29) is 0 Å². The first-order valence-electron chi connectivity index (χ1n) is 11.3. The summed E-state index contributed by atoms with van der Waals surface area (Å²) in [5.41, 5.74) is 4.13. The van der Waals surface area contributed by atoms with Crippen molar-refractivity contribution in [3.05, 3.63) is 103 Å². The Morgan fingerprint density at radius 1 is 0.471 bits per heavy atom. The Morgan fingerprint density at radius 2 is 1.00 bits per heavy atom. The number of furan rings is 1. The van der Waals surface area contributed by atoms with Gasteiger partial charge in [-0.3, -0.25) is 0 Å². The standard InChI is InChI=1S/C30H19BO3/c32-31(33)19-14-12-18(13-15-19)20-10-5-11-26-27-17-16-25-23-8-2-1-6-21(23)22-7-3-4-9-24(22)28(25)30(27)34-29(20)26/h1-17,32-33H. The average Bonchev–Trinajstić information content (AvgIpc) is 3.28. The normalized spacial score (nSPS) is 11.8. The van der Waals surface area contributed by atoms with Crippen LogP contribution in [0.25, 0.3) is 65.4 Å². The first kappa shape index (κ1) is 19.4. The maximum atomic E-state index is 9.45. The van der Waals surface area contributed by atoms with Crippen LogP contribution >= 0.6 is 0 Å². The molecule has 2 N–H and O–H groups in total. The molecule has 160 valence electrons. The third-order valence-electron chi connectivity index (χ3n) is 6.89. The van der Waals surface area contributed by atoms with Gasteiger partial charge in [0.25, 0.3) is 0 Å². The highest BCUT2D eigenvalue weighted by Crippen LogP contribution is 2.43. The lowest BCUT2D eigenvalue weighted by molar-refractivity contribution is 0.426. The molecule has 0 bridgehead atoms. The van der Waals surface area contributed by atoms with Crippen LogP contribution < -0.4 is 5.46 Å². The number of rotatable bonds is 2. The predicted octanol–water partition coefficient (Wildman–Crippen LogP) is 6.39. The Kier molecular flexibility index (Phi) is 4.10. The van der Waals surface area contributed by atoms with Gasteiger partial charge in [0.05, 0.1) is 0 Å². The lowest BCUT2D eigenvalue weighted by Crippen LogP contribution is -2.29. The highest BCUT2D eigenvalue weighted by Gasteiger charge is 2.18. The van der Waals surface area contributed by atoms with Crippen LogP contribution in [0.4, 0.5) is 0 Å². The molecular weight excluding hydrogens is 419 g/mol. The minimum absolute atomic E-state index is 0.463. The van der Waals surface area contributed by atoms with E-state index >= 15 is 0 Å². The summed E-state index contributed by atoms with van der Waals surface area (Å²) in [6, 6.07) is 34.9. The Balaban J connectivity index is 1.61. The zero-order valence-corrected chi connectivity index (χ0v) is 18.2. The fourth-order valence-electron chi connectivity index (χ4n) is 5.30. The van der Waals surface area contributed by atoms with Gasteiger partial charge in [0.1, 0.15) is 11.2 Å². The van der Waals surface area contributed by atoms with Gasteiger partial charge >= 0.3 is 7.12 Å². The smallest absolute Gasteiger partial charge is 0.455 e. The highest BCUT2D eigenvalue weighted by molar-refractivity contribution is 6.58. The van der Waals surface area contributed by atoms with Crippen molar-refractivity contribution in [3.8, 4) is 11.1 Å². The molecule has 0 amide bonds. The summed E-state index contributed by atoms with van der Waals surface area (Å²) in [5.74, 6) is 0. The predicted molar refractivity (Wildman–Crippen MR) is 141 cm³/mol. The van der Waals surface area contributed by atoms with E-state index < -0.39 is 7.12 Å². The zero-order valence-electron chi connectivity index (χ0n) is 18.2. The quantitative estimate of drug-likeness (QED) is 0.243. The molecule has 1 heterocycles. The van der Waals surface area contributed by atoms with Crippen LogP contribution in [0.15, 0.2) is 108 Å². The molecule has 0 aliphatic rings. The topological polar surface area (TPSA) is 53.6 Å². The third kappa shape index (κ3) is 2.67. The third-order valence-corrected chi connectivity index (χ3v) is 6.89. The second-order valence-electron chi connectivity index (χ2n) is 8.74. The molecule has 3 nitrogen and oxygen atoms in total. The van der Waals surface area contributed by atoms with E-state index in [1.54, 1.807) is 12.1 Å². The van der Waals surface area contributed by atoms with Crippen LogP contribution in [0, 0.1) is 0 Å². The van der Waals surface area contributed by atoms with Crippen molar-refractivity contribution >= 4 is 66.8 Å². The number of hydrogen-bond donors (Lipinski definition) is 2. The maximum absolute atomic E-state index is 9.45. The molecule has 4 heteroatoms. The summed E-state index contributed by atoms with van der Waals surface area (Å²) >= 11 is 0. The van der Waals surface area contributed by atoms with Crippen molar-refractivity contribution in [3.63, 3.8) is 0 Å². The first-order chi connectivity index (χ1) is 16.7. The summed E-state index contributed by atoms with van der Waals surface area (Å²) in [7, 11) is -1.48. The van der Waals surface area contributed by atoms with E-state index in [4.69, 9.17) is 4.42 Å². The lowest BCUT2D eigenvalue weighted by Gasteiger charge is -2.10. The van der Waals surface area contributed by atoms with Crippen molar-refractivity contribution in [1.82, 2.24) is 0 Å². The van der Waals surface area contributed by atoms with Crippen LogP contribution in [-0.2, 0) is 0 Å². The molecule has 0 saturated heterocycles. The highest BCUT2D eigenvalue weighted by atomic mass is 16.4. The molecule has 0 radical (unpaired) electrons. The van der Waals surface area contributed by atoms with Gasteiger partial charge in [-0.15, -0.1) is 0 Å². The molecule has 0 unspecified atom stereocenters. The van der Waals surface area contributed by atoms with Crippen molar-refractivity contribution < 1.29 is 14.5 Å². The zero-order chi connectivity index (χ0) is 22.8. The van der Waals surface area contributed by atoms with Crippen LogP contribution in [0.2, 0.25) is 0 Å². The molecule has 0 atom stereocenters. The van der Waals surface area contributed by atoms with Gasteiger partial charge in [0.2, 0.25) is 0 Å². The molecule has 0 fully saturated rings. The van der Waals surface area contributed by atoms with Gasteiger partial charge in [0.15, 0.2) is 0 Å². The van der Waals surface area contributed by atoms with Gasteiger partial charge < -0.3 is 14.5 Å². The summed E-state index contributed by atoms with van der Waals surface area (Å²) in [5, 5.41) is 28.2. The number of hydrogen-bond acceptors (Lipinski definition) is 3. The van der Waals surface area contributed by atoms with Gasteiger partial charge in [0, 0.05) is 21.7 Å². The fourth-order valence-corrected chi connectivity index (χ4v) is 5.30. The lowest BCUT2D eigenvalue weighted by atomic mass is 9.80. The van der Waals surface area contributed by atoms with E-state index in [9.17, 15) is 10.0 Å². The second-order valence-corrected chi connectivity index (χ2v) is 8.74. The Morgan fingerprint density at radius 3 is 1.68 bits per heavy atom. The van der Waals surface area contributed by atoms with E-state index in [1.165, 1.54) is 26.9 Å². The molecule has 0 saturated carbocycles. The van der Waals surface area contributed by atoms with Crippen LogP contribution in [0.1, 0.15) is 0 Å². The van der Waals surface area contributed by atoms with Crippen molar-refractivity contribution in [1.29, 1.82) is 0 Å². The fraction of sp³-hybridized carbons (Fsp3) is 0. The molecule has 0 aliphatic heterocycles. The second kappa shape index (κ2) is 7.19. The summed E-state index contributed by atoms with van der Waals surface area (Å²) in [6.07, 6.45) is 0. The van der Waals surface area contributed by atoms with Crippen LogP contribution in [0.3, 0.4) is 0 Å². The molecule has 6 aromatic carbocycles. The molecule has 34 heavy (non-hydrogen) atoms. The summed E-state index contributed by atoms with van der Waals surface area (Å²) in [6.45, 7) is 0. The average molecular weight is 438 g/mol. The van der Waals surface area contributed by atoms with Crippen LogP contribution in [-0.4, -0.2) is 17.2 Å². The molecule has 0 aliphatic carbocycles. The van der Waals surface area contributed by atoms with E-state index in [2.05, 4.69) is 66.7 Å². The van der Waals surface area contributed by atoms with Gasteiger partial charge in [-0.05, 0) is 44.0 Å². The number of benzene rings is 6. The van der Waals surface area contributed by atoms with Gasteiger partial charge in [-0.2, -0.15) is 0 Å². The maximum Gasteiger partial charge on any atom is 0.488 e. The Labute approximate surface area is 195 Å². The van der Waals surface area contributed by atoms with E-state index in [0.717, 1.165) is 38.5 Å². The first-order valence-corrected chi connectivity index (χ1v) is 11.3. The molecular formula is C30H19BO3. The summed E-state index contributed by atoms with van der Waals surface area (Å²) in [4.78, 5) is 0. The molecule has 7 aromatic rings. The monoisotopic (exact) mass is 438 g/mol. The van der Waals surface area contributed by atoms with Crippen molar-refractivity contribution in [2.45, 2.75) is 0 Å². The molecule has 0 spiro atoms. The van der Waals surface area contributed by atoms with E-state index in [0.29, 0.717) is 5.46 Å². The van der Waals surface area contributed by atoms with Gasteiger partial charge in [-0.1, -0.05) is 97.1 Å². The Bertz CT molecular complexity index is 1850. The SMILES string of the molecule is OB(O)c1ccc(-c2cccc3c2oc2c3ccc3c4ccccc4c4ccccc4c32)cc1. The van der Waals surface area contributed by atoms with Crippen molar-refractivity contribution in [2.24, 2.45) is 0 Å². The van der Waals surface area contributed by atoms with Crippen molar-refractivity contribution in [2.75, 3.05) is 0 Å². The number of fused-ring (bicyclic) bond motifs is 10. The van der Waals surface area contributed by atoms with Gasteiger partial charge in [-0.25, -0.2) is 0 Å². The largest absolute Gasteiger partial charge is 0.488 e. The Hall–Kier alpha value is -4.12. The minimum atomic E-state index is -1.48. The van der Waals surface area contributed by atoms with E-state index in [1.807, 2.05) is 24.3 Å².